The van der Waals surface area contributed by atoms with Gasteiger partial charge in [0.25, 0.3) is 0 Å². The Bertz CT molecular complexity index is 79.0. The lowest BCUT2D eigenvalue weighted by Gasteiger charge is -2.26. The molecule has 1 atom stereocenters. The molecule has 0 heterocycles. The van der Waals surface area contributed by atoms with Gasteiger partial charge < -0.3 is 5.11 Å². The van der Waals surface area contributed by atoms with Crippen LogP contribution in [0.3, 0.4) is 0 Å². The Kier molecular flexibility index (Phi) is 3.52. The maximum Gasteiger partial charge on any atom is 0.0653 e. The van der Waals surface area contributed by atoms with Gasteiger partial charge in [-0.05, 0) is 19.3 Å². The van der Waals surface area contributed by atoms with E-state index in [-0.39, 0.29) is 5.92 Å². The summed E-state index contributed by atoms with van der Waals surface area (Å²) in [4.78, 5) is 0. The Labute approximate surface area is 62.0 Å². The molecule has 0 spiro atoms. The molecule has 56 valence electrons. The number of hydrogen-bond donors (Lipinski definition) is 1. The van der Waals surface area contributed by atoms with Gasteiger partial charge in [0.1, 0.15) is 0 Å². The summed E-state index contributed by atoms with van der Waals surface area (Å²) in [5, 5.41) is 9.51. The van der Waals surface area contributed by atoms with Gasteiger partial charge in [-0.3, -0.25) is 0 Å². The molecule has 1 nitrogen and oxygen atoms in total. The third-order valence-corrected chi connectivity index (χ3v) is 2.03. The highest BCUT2D eigenvalue weighted by Gasteiger charge is 2.23. The molecule has 0 aliphatic heterocycles. The fraction of sp³-hybridized carbons (Fsp3) is 1.00. The molecule has 0 aliphatic carbocycles. The highest BCUT2D eigenvalue weighted by atomic mass is 35.5. The quantitative estimate of drug-likeness (QED) is 0.611. The van der Waals surface area contributed by atoms with E-state index in [1.165, 1.54) is 0 Å². The number of halogens is 1. The molecular weight excluding hydrogens is 136 g/mol. The largest absolute Gasteiger partial charge is 0.390 e. The summed E-state index contributed by atoms with van der Waals surface area (Å²) >= 11 is 5.47. The molecule has 2 heteroatoms. The summed E-state index contributed by atoms with van der Waals surface area (Å²) < 4.78 is 0. The molecule has 9 heavy (non-hydrogen) atoms. The van der Waals surface area contributed by atoms with Crippen LogP contribution in [0.25, 0.3) is 0 Å². The van der Waals surface area contributed by atoms with Crippen molar-refractivity contribution in [1.82, 2.24) is 0 Å². The van der Waals surface area contributed by atoms with E-state index in [4.69, 9.17) is 11.6 Å². The van der Waals surface area contributed by atoms with Crippen molar-refractivity contribution in [2.45, 2.75) is 32.8 Å². The molecule has 1 N–H and O–H groups in total. The lowest BCUT2D eigenvalue weighted by molar-refractivity contribution is 0.0108. The molecule has 0 saturated heterocycles. The minimum atomic E-state index is -0.582. The minimum Gasteiger partial charge on any atom is -0.390 e. The van der Waals surface area contributed by atoms with Crippen LogP contribution in [-0.4, -0.2) is 16.6 Å². The lowest BCUT2D eigenvalue weighted by atomic mass is 9.90. The maximum atomic E-state index is 9.51. The van der Waals surface area contributed by atoms with Crippen LogP contribution >= 0.6 is 11.6 Å². The van der Waals surface area contributed by atoms with E-state index in [1.54, 1.807) is 0 Å². The first kappa shape index (κ1) is 9.25. The summed E-state index contributed by atoms with van der Waals surface area (Å²) in [5.41, 5.74) is -0.582. The Morgan fingerprint density at radius 3 is 2.11 bits per heavy atom. The summed E-state index contributed by atoms with van der Waals surface area (Å²) in [6.45, 7) is 5.80. The van der Waals surface area contributed by atoms with Crippen molar-refractivity contribution in [2.24, 2.45) is 5.92 Å². The van der Waals surface area contributed by atoms with Gasteiger partial charge in [-0.2, -0.15) is 0 Å². The molecule has 0 aromatic carbocycles. The predicted octanol–water partition coefficient (Wildman–Crippen LogP) is 2.02. The highest BCUT2D eigenvalue weighted by Crippen LogP contribution is 2.20. The average molecular weight is 151 g/mol. The van der Waals surface area contributed by atoms with Crippen LogP contribution in [0, 0.1) is 5.92 Å². The van der Waals surface area contributed by atoms with E-state index < -0.39 is 5.60 Å². The fourth-order valence-corrected chi connectivity index (χ4v) is 0.863. The van der Waals surface area contributed by atoms with Crippen molar-refractivity contribution in [1.29, 1.82) is 0 Å². The SMILES string of the molecule is CC(C)C(C)(O)CCCl. The number of hydrogen-bond acceptors (Lipinski definition) is 1. The van der Waals surface area contributed by atoms with Crippen molar-refractivity contribution in [2.75, 3.05) is 5.88 Å². The van der Waals surface area contributed by atoms with Crippen molar-refractivity contribution >= 4 is 11.6 Å². The second kappa shape index (κ2) is 3.43. The highest BCUT2D eigenvalue weighted by molar-refractivity contribution is 6.17. The van der Waals surface area contributed by atoms with Crippen molar-refractivity contribution in [3.8, 4) is 0 Å². The summed E-state index contributed by atoms with van der Waals surface area (Å²) in [7, 11) is 0. The van der Waals surface area contributed by atoms with Crippen LogP contribution in [0.2, 0.25) is 0 Å². The molecule has 0 amide bonds. The van der Waals surface area contributed by atoms with Crippen molar-refractivity contribution < 1.29 is 5.11 Å². The number of rotatable bonds is 3. The molecule has 0 radical (unpaired) electrons. The van der Waals surface area contributed by atoms with Gasteiger partial charge in [-0.25, -0.2) is 0 Å². The van der Waals surface area contributed by atoms with E-state index in [0.717, 1.165) is 0 Å². The van der Waals surface area contributed by atoms with Crippen LogP contribution in [0.5, 0.6) is 0 Å². The molecule has 0 aromatic heterocycles. The van der Waals surface area contributed by atoms with E-state index in [0.29, 0.717) is 12.3 Å². The maximum absolute atomic E-state index is 9.51. The molecule has 1 unspecified atom stereocenters. The van der Waals surface area contributed by atoms with Crippen molar-refractivity contribution in [3.63, 3.8) is 0 Å². The van der Waals surface area contributed by atoms with Gasteiger partial charge in [0.2, 0.25) is 0 Å². The topological polar surface area (TPSA) is 20.2 Å². The van der Waals surface area contributed by atoms with Crippen LogP contribution in [-0.2, 0) is 0 Å². The first-order chi connectivity index (χ1) is 4.00. The Balaban J connectivity index is 3.70. The van der Waals surface area contributed by atoms with Gasteiger partial charge in [0.15, 0.2) is 0 Å². The first-order valence-electron chi connectivity index (χ1n) is 3.29. The van der Waals surface area contributed by atoms with E-state index in [2.05, 4.69) is 0 Å². The molecule has 0 aromatic rings. The van der Waals surface area contributed by atoms with Crippen LogP contribution in [0.1, 0.15) is 27.2 Å². The molecule has 0 aliphatic rings. The molecule has 0 saturated carbocycles. The molecule has 0 rings (SSSR count). The van der Waals surface area contributed by atoms with E-state index >= 15 is 0 Å². The first-order valence-corrected chi connectivity index (χ1v) is 3.82. The van der Waals surface area contributed by atoms with Crippen LogP contribution in [0.15, 0.2) is 0 Å². The smallest absolute Gasteiger partial charge is 0.0653 e. The summed E-state index contributed by atoms with van der Waals surface area (Å²) in [5.74, 6) is 0.821. The Morgan fingerprint density at radius 1 is 1.56 bits per heavy atom. The Morgan fingerprint density at radius 2 is 2.00 bits per heavy atom. The van der Waals surface area contributed by atoms with Crippen molar-refractivity contribution in [3.05, 3.63) is 0 Å². The van der Waals surface area contributed by atoms with E-state index in [9.17, 15) is 5.11 Å². The second-order valence-corrected chi connectivity index (χ2v) is 3.33. The zero-order chi connectivity index (χ0) is 7.49. The third-order valence-electron chi connectivity index (χ3n) is 1.84. The molecule has 0 fully saturated rings. The average Bonchev–Trinajstić information content (AvgIpc) is 1.65. The van der Waals surface area contributed by atoms with Crippen LogP contribution < -0.4 is 0 Å². The standard InChI is InChI=1S/C7H15ClO/c1-6(2)7(3,9)4-5-8/h6,9H,4-5H2,1-3H3. The van der Waals surface area contributed by atoms with E-state index in [1.807, 2.05) is 20.8 Å². The predicted molar refractivity (Wildman–Crippen MR) is 40.8 cm³/mol. The van der Waals surface area contributed by atoms with Gasteiger partial charge in [0, 0.05) is 5.88 Å². The summed E-state index contributed by atoms with van der Waals surface area (Å²) in [6, 6.07) is 0. The zero-order valence-corrected chi connectivity index (χ0v) is 7.07. The minimum absolute atomic E-state index is 0.288. The number of alkyl halides is 1. The molecular formula is C7H15ClO. The lowest BCUT2D eigenvalue weighted by Crippen LogP contribution is -2.31. The van der Waals surface area contributed by atoms with Gasteiger partial charge in [0.05, 0.1) is 5.60 Å². The third kappa shape index (κ3) is 3.07. The van der Waals surface area contributed by atoms with Gasteiger partial charge in [-0.15, -0.1) is 11.6 Å². The fourth-order valence-electron chi connectivity index (χ4n) is 0.480. The number of aliphatic hydroxyl groups is 1. The van der Waals surface area contributed by atoms with Gasteiger partial charge >= 0.3 is 0 Å². The monoisotopic (exact) mass is 150 g/mol. The van der Waals surface area contributed by atoms with Gasteiger partial charge in [-0.1, -0.05) is 13.8 Å². The summed E-state index contributed by atoms with van der Waals surface area (Å²) in [6.07, 6.45) is 0.673. The Hall–Kier alpha value is 0.250. The van der Waals surface area contributed by atoms with Crippen LogP contribution in [0.4, 0.5) is 0 Å². The normalized spacial score (nSPS) is 18.0. The zero-order valence-electron chi connectivity index (χ0n) is 6.32. The molecule has 0 bridgehead atoms. The second-order valence-electron chi connectivity index (χ2n) is 2.95.